The van der Waals surface area contributed by atoms with E-state index in [1.54, 1.807) is 11.8 Å². The van der Waals surface area contributed by atoms with Gasteiger partial charge in [-0.25, -0.2) is 9.78 Å². The Bertz CT molecular complexity index is 626. The van der Waals surface area contributed by atoms with Crippen LogP contribution in [0.1, 0.15) is 18.3 Å². The Morgan fingerprint density at radius 1 is 1.39 bits per heavy atom. The highest BCUT2D eigenvalue weighted by Crippen LogP contribution is 2.20. The number of H-pyrrole nitrogens is 1. The molecule has 2 amide bonds. The molecule has 2 aromatic rings. The van der Waals surface area contributed by atoms with Crippen molar-refractivity contribution in [2.24, 2.45) is 0 Å². The third kappa shape index (κ3) is 5.34. The molecule has 126 valence electrons. The van der Waals surface area contributed by atoms with Crippen molar-refractivity contribution in [1.29, 1.82) is 0 Å². The molecular formula is C14H17F3N4OS. The molecule has 2 rings (SSSR count). The van der Waals surface area contributed by atoms with Crippen molar-refractivity contribution < 1.29 is 18.0 Å². The number of para-hydroxylation sites is 2. The van der Waals surface area contributed by atoms with Crippen molar-refractivity contribution in [3.63, 3.8) is 0 Å². The molecule has 0 fully saturated rings. The molecule has 23 heavy (non-hydrogen) atoms. The summed E-state index contributed by atoms with van der Waals surface area (Å²) in [6, 6.07) is 6.01. The summed E-state index contributed by atoms with van der Waals surface area (Å²) in [5, 5.41) is 4.35. The fraction of sp³-hybridized carbons (Fsp3) is 0.429. The number of fused-ring (bicyclic) bond motifs is 1. The van der Waals surface area contributed by atoms with E-state index in [0.29, 0.717) is 12.2 Å². The second-order valence-electron chi connectivity index (χ2n) is 4.92. The Balaban J connectivity index is 2.08. The topological polar surface area (TPSA) is 69.8 Å². The van der Waals surface area contributed by atoms with E-state index in [0.717, 1.165) is 16.8 Å². The minimum atomic E-state index is -4.44. The molecule has 9 heteroatoms. The van der Waals surface area contributed by atoms with Crippen LogP contribution in [0.5, 0.6) is 0 Å². The average molecular weight is 346 g/mol. The van der Waals surface area contributed by atoms with E-state index in [1.807, 2.05) is 35.8 Å². The number of urea groups is 1. The van der Waals surface area contributed by atoms with Crippen molar-refractivity contribution in [2.75, 3.05) is 18.6 Å². The van der Waals surface area contributed by atoms with Gasteiger partial charge in [-0.3, -0.25) is 0 Å². The van der Waals surface area contributed by atoms with Gasteiger partial charge >= 0.3 is 12.2 Å². The lowest BCUT2D eigenvalue weighted by molar-refractivity contribution is -0.122. The van der Waals surface area contributed by atoms with Crippen LogP contribution < -0.4 is 10.6 Å². The van der Waals surface area contributed by atoms with E-state index < -0.39 is 24.8 Å². The van der Waals surface area contributed by atoms with Gasteiger partial charge in [0.2, 0.25) is 0 Å². The number of aromatic nitrogens is 2. The normalized spacial score (nSPS) is 13.0. The molecule has 0 aliphatic carbocycles. The molecule has 0 saturated heterocycles. The molecule has 0 radical (unpaired) electrons. The number of halogens is 3. The number of thioether (sulfide) groups is 1. The number of aromatic amines is 1. The molecule has 1 heterocycles. The van der Waals surface area contributed by atoms with E-state index in [-0.39, 0.29) is 0 Å². The predicted molar refractivity (Wildman–Crippen MR) is 84.4 cm³/mol. The molecule has 5 nitrogen and oxygen atoms in total. The summed E-state index contributed by atoms with van der Waals surface area (Å²) in [5.41, 5.74) is 1.56. The quantitative estimate of drug-likeness (QED) is 0.752. The first-order valence-corrected chi connectivity index (χ1v) is 8.33. The van der Waals surface area contributed by atoms with E-state index in [4.69, 9.17) is 0 Å². The zero-order valence-corrected chi connectivity index (χ0v) is 13.2. The molecule has 1 atom stereocenters. The summed E-state index contributed by atoms with van der Waals surface area (Å²) in [7, 11) is 0. The van der Waals surface area contributed by atoms with Gasteiger partial charge in [-0.1, -0.05) is 12.1 Å². The number of alkyl halides is 3. The largest absolute Gasteiger partial charge is 0.405 e. The Morgan fingerprint density at radius 2 is 2.13 bits per heavy atom. The van der Waals surface area contributed by atoms with Crippen LogP contribution in [-0.2, 0) is 0 Å². The van der Waals surface area contributed by atoms with Crippen molar-refractivity contribution in [3.8, 4) is 0 Å². The monoisotopic (exact) mass is 346 g/mol. The average Bonchev–Trinajstić information content (AvgIpc) is 2.92. The lowest BCUT2D eigenvalue weighted by atomic mass is 10.2. The van der Waals surface area contributed by atoms with Crippen LogP contribution >= 0.6 is 11.8 Å². The maximum absolute atomic E-state index is 12.2. The highest BCUT2D eigenvalue weighted by Gasteiger charge is 2.28. The SMILES string of the molecule is CSCC[C@@H](NC(=O)NCC(F)(F)F)c1nc2ccccc2[nH]1. The molecule has 1 aromatic heterocycles. The molecule has 0 unspecified atom stereocenters. The first kappa shape index (κ1) is 17.5. The highest BCUT2D eigenvalue weighted by molar-refractivity contribution is 7.98. The van der Waals surface area contributed by atoms with E-state index >= 15 is 0 Å². The van der Waals surface area contributed by atoms with E-state index in [2.05, 4.69) is 15.3 Å². The number of carbonyl (C=O) groups is 1. The van der Waals surface area contributed by atoms with Crippen LogP contribution in [0.3, 0.4) is 0 Å². The first-order valence-electron chi connectivity index (χ1n) is 6.94. The minimum Gasteiger partial charge on any atom is -0.340 e. The summed E-state index contributed by atoms with van der Waals surface area (Å²) in [5.74, 6) is 1.27. The molecule has 0 bridgehead atoms. The zero-order chi connectivity index (χ0) is 16.9. The van der Waals surface area contributed by atoms with Crippen LogP contribution in [0.2, 0.25) is 0 Å². The molecule has 0 spiro atoms. The molecule has 0 aliphatic rings. The van der Waals surface area contributed by atoms with E-state index in [1.165, 1.54) is 0 Å². The summed E-state index contributed by atoms with van der Waals surface area (Å²) in [6.45, 7) is -1.37. The third-order valence-electron chi connectivity index (χ3n) is 3.10. The van der Waals surface area contributed by atoms with Crippen LogP contribution in [0.4, 0.5) is 18.0 Å². The van der Waals surface area contributed by atoms with Crippen LogP contribution in [0.25, 0.3) is 11.0 Å². The number of nitrogens with zero attached hydrogens (tertiary/aromatic N) is 1. The third-order valence-corrected chi connectivity index (χ3v) is 3.75. The summed E-state index contributed by atoms with van der Waals surface area (Å²) >= 11 is 1.58. The second kappa shape index (κ2) is 7.58. The summed E-state index contributed by atoms with van der Waals surface area (Å²) in [4.78, 5) is 19.2. The van der Waals surface area contributed by atoms with Gasteiger partial charge in [0.15, 0.2) is 0 Å². The van der Waals surface area contributed by atoms with Gasteiger partial charge in [0.1, 0.15) is 12.4 Å². The zero-order valence-electron chi connectivity index (χ0n) is 12.4. The Labute approximate surface area is 135 Å². The lowest BCUT2D eigenvalue weighted by Gasteiger charge is -2.17. The van der Waals surface area contributed by atoms with Gasteiger partial charge in [0, 0.05) is 0 Å². The second-order valence-corrected chi connectivity index (χ2v) is 5.90. The number of carbonyl (C=O) groups excluding carboxylic acids is 1. The molecule has 3 N–H and O–H groups in total. The van der Waals surface area contributed by atoms with Gasteiger partial charge in [-0.2, -0.15) is 24.9 Å². The molecule has 1 aromatic carbocycles. The minimum absolute atomic E-state index is 0.483. The maximum atomic E-state index is 12.2. The smallest absolute Gasteiger partial charge is 0.340 e. The number of hydrogen-bond donors (Lipinski definition) is 3. The van der Waals surface area contributed by atoms with Gasteiger partial charge in [0.25, 0.3) is 0 Å². The van der Waals surface area contributed by atoms with Crippen LogP contribution in [0, 0.1) is 0 Å². The highest BCUT2D eigenvalue weighted by atomic mass is 32.2. The van der Waals surface area contributed by atoms with Crippen LogP contribution in [0.15, 0.2) is 24.3 Å². The summed E-state index contributed by atoms with van der Waals surface area (Å²) < 4.78 is 36.5. The fourth-order valence-corrected chi connectivity index (χ4v) is 2.51. The van der Waals surface area contributed by atoms with Crippen molar-refractivity contribution in [3.05, 3.63) is 30.1 Å². The number of amides is 2. The first-order chi connectivity index (χ1) is 10.9. The standard InChI is InChI=1S/C14H17F3N4OS/c1-23-7-6-11(21-13(22)18-8-14(15,16)17)12-19-9-4-2-3-5-10(9)20-12/h2-5,11H,6-8H2,1H3,(H,19,20)(H2,18,21,22)/t11-/m1/s1. The molecule has 0 saturated carbocycles. The van der Waals surface area contributed by atoms with E-state index in [9.17, 15) is 18.0 Å². The van der Waals surface area contributed by atoms with Crippen molar-refractivity contribution in [2.45, 2.75) is 18.6 Å². The van der Waals surface area contributed by atoms with Crippen LogP contribution in [-0.4, -0.2) is 40.7 Å². The number of imidazole rings is 1. The molecule has 0 aliphatic heterocycles. The number of nitrogens with one attached hydrogen (secondary N) is 3. The van der Waals surface area contributed by atoms with Gasteiger partial charge in [-0.05, 0) is 30.6 Å². The van der Waals surface area contributed by atoms with Crippen molar-refractivity contribution >= 4 is 28.8 Å². The predicted octanol–water partition coefficient (Wildman–Crippen LogP) is 3.22. The number of hydrogen-bond acceptors (Lipinski definition) is 3. The maximum Gasteiger partial charge on any atom is 0.405 e. The van der Waals surface area contributed by atoms with Gasteiger partial charge < -0.3 is 15.6 Å². The Kier molecular flexibility index (Phi) is 5.75. The lowest BCUT2D eigenvalue weighted by Crippen LogP contribution is -2.42. The van der Waals surface area contributed by atoms with Crippen molar-refractivity contribution in [1.82, 2.24) is 20.6 Å². The molecular weight excluding hydrogens is 329 g/mol. The van der Waals surface area contributed by atoms with Gasteiger partial charge in [0.05, 0.1) is 17.1 Å². The summed E-state index contributed by atoms with van der Waals surface area (Å²) in [6.07, 6.45) is -1.97. The Hall–Kier alpha value is -1.90. The number of rotatable bonds is 6. The number of benzene rings is 1. The Morgan fingerprint density at radius 3 is 2.78 bits per heavy atom. The van der Waals surface area contributed by atoms with Gasteiger partial charge in [-0.15, -0.1) is 0 Å². The fourth-order valence-electron chi connectivity index (χ4n) is 2.04.